The summed E-state index contributed by atoms with van der Waals surface area (Å²) < 4.78 is 11.4. The van der Waals surface area contributed by atoms with Gasteiger partial charge in [0.25, 0.3) is 0 Å². The van der Waals surface area contributed by atoms with Crippen LogP contribution in [0.2, 0.25) is 0 Å². The molecule has 1 aliphatic heterocycles. The molecule has 2 aromatic heterocycles. The van der Waals surface area contributed by atoms with E-state index in [1.54, 1.807) is 12.3 Å². The summed E-state index contributed by atoms with van der Waals surface area (Å²) in [6.45, 7) is 1.33. The summed E-state index contributed by atoms with van der Waals surface area (Å²) in [5.41, 5.74) is 8.36. The lowest BCUT2D eigenvalue weighted by atomic mass is 10.2. The zero-order valence-corrected chi connectivity index (χ0v) is 11.3. The molecule has 3 heterocycles. The van der Waals surface area contributed by atoms with Crippen LogP contribution >= 0.6 is 0 Å². The van der Waals surface area contributed by atoms with Crippen molar-refractivity contribution in [1.29, 1.82) is 0 Å². The molecule has 6 heteroatoms. The first-order valence-corrected chi connectivity index (χ1v) is 6.81. The van der Waals surface area contributed by atoms with Crippen molar-refractivity contribution >= 4 is 16.9 Å². The molecule has 0 amide bonds. The maximum atomic E-state index is 5.71. The van der Waals surface area contributed by atoms with Crippen molar-refractivity contribution in [3.8, 4) is 22.9 Å². The summed E-state index contributed by atoms with van der Waals surface area (Å²) in [6, 6.07) is 7.49. The van der Waals surface area contributed by atoms with Crippen LogP contribution in [-0.4, -0.2) is 28.2 Å². The minimum Gasteiger partial charge on any atom is -0.489 e. The summed E-state index contributed by atoms with van der Waals surface area (Å²) >= 11 is 0. The van der Waals surface area contributed by atoms with Crippen LogP contribution in [0.1, 0.15) is 6.42 Å². The van der Waals surface area contributed by atoms with Crippen LogP contribution in [0.5, 0.6) is 11.5 Å². The third-order valence-corrected chi connectivity index (χ3v) is 3.41. The van der Waals surface area contributed by atoms with Crippen LogP contribution in [0.15, 0.2) is 30.5 Å². The number of nitrogen functional groups attached to an aromatic ring is 1. The molecule has 0 aliphatic carbocycles. The number of hydrogen-bond donors (Lipinski definition) is 2. The average molecular weight is 282 g/mol. The van der Waals surface area contributed by atoms with Crippen LogP contribution < -0.4 is 15.2 Å². The second-order valence-electron chi connectivity index (χ2n) is 4.92. The number of aromatic nitrogens is 3. The number of imidazole rings is 1. The number of nitrogens with two attached hydrogens (primary N) is 1. The molecule has 1 aromatic carbocycles. The monoisotopic (exact) mass is 282 g/mol. The van der Waals surface area contributed by atoms with Gasteiger partial charge in [0.1, 0.15) is 11.6 Å². The van der Waals surface area contributed by atoms with Crippen LogP contribution in [0.4, 0.5) is 5.82 Å². The van der Waals surface area contributed by atoms with E-state index in [-0.39, 0.29) is 0 Å². The number of nitrogens with zero attached hydrogens (tertiary/aromatic N) is 2. The van der Waals surface area contributed by atoms with Gasteiger partial charge in [0, 0.05) is 30.3 Å². The lowest BCUT2D eigenvalue weighted by molar-refractivity contribution is 0.297. The lowest BCUT2D eigenvalue weighted by Gasteiger charge is -2.05. The highest BCUT2D eigenvalue weighted by atomic mass is 16.5. The quantitative estimate of drug-likeness (QED) is 0.715. The highest BCUT2D eigenvalue weighted by Gasteiger charge is 2.14. The van der Waals surface area contributed by atoms with Crippen molar-refractivity contribution in [2.45, 2.75) is 6.42 Å². The largest absolute Gasteiger partial charge is 0.489 e. The molecular weight excluding hydrogens is 268 g/mol. The number of aromatic amines is 1. The Morgan fingerprint density at radius 1 is 1.10 bits per heavy atom. The maximum absolute atomic E-state index is 5.71. The van der Waals surface area contributed by atoms with Gasteiger partial charge in [-0.15, -0.1) is 0 Å². The number of anilines is 1. The normalized spacial score (nSPS) is 14.1. The van der Waals surface area contributed by atoms with E-state index in [9.17, 15) is 0 Å². The van der Waals surface area contributed by atoms with Gasteiger partial charge < -0.3 is 20.2 Å². The second kappa shape index (κ2) is 4.66. The van der Waals surface area contributed by atoms with Crippen molar-refractivity contribution in [3.05, 3.63) is 30.5 Å². The lowest BCUT2D eigenvalue weighted by Crippen LogP contribution is -1.97. The molecule has 0 spiro atoms. The van der Waals surface area contributed by atoms with Crippen LogP contribution in [0.3, 0.4) is 0 Å². The Labute approximate surface area is 120 Å². The number of hydrogen-bond acceptors (Lipinski definition) is 5. The summed E-state index contributed by atoms with van der Waals surface area (Å²) in [7, 11) is 0. The Morgan fingerprint density at radius 3 is 2.71 bits per heavy atom. The first-order chi connectivity index (χ1) is 10.3. The van der Waals surface area contributed by atoms with Crippen LogP contribution in [0.25, 0.3) is 22.4 Å². The van der Waals surface area contributed by atoms with E-state index in [0.29, 0.717) is 19.0 Å². The van der Waals surface area contributed by atoms with E-state index in [1.165, 1.54) is 0 Å². The van der Waals surface area contributed by atoms with E-state index in [2.05, 4.69) is 15.0 Å². The summed E-state index contributed by atoms with van der Waals surface area (Å²) in [6.07, 6.45) is 2.55. The van der Waals surface area contributed by atoms with Gasteiger partial charge in [-0.25, -0.2) is 9.97 Å². The number of benzene rings is 1. The number of ether oxygens (including phenoxy) is 2. The zero-order chi connectivity index (χ0) is 14.2. The highest BCUT2D eigenvalue weighted by Crippen LogP contribution is 2.34. The molecule has 0 unspecified atom stereocenters. The van der Waals surface area contributed by atoms with Gasteiger partial charge in [0.15, 0.2) is 11.5 Å². The van der Waals surface area contributed by atoms with Crippen LogP contribution in [0, 0.1) is 0 Å². The van der Waals surface area contributed by atoms with Crippen molar-refractivity contribution in [3.63, 3.8) is 0 Å². The SMILES string of the molecule is Nc1cc(-c2nc3cc4c(cc3[nH]2)OCCCO4)ccn1. The third kappa shape index (κ3) is 2.14. The number of fused-ring (bicyclic) bond motifs is 2. The van der Waals surface area contributed by atoms with Gasteiger partial charge in [-0.2, -0.15) is 0 Å². The molecule has 0 saturated heterocycles. The first kappa shape index (κ1) is 12.0. The minimum absolute atomic E-state index is 0.468. The Balaban J connectivity index is 1.83. The van der Waals surface area contributed by atoms with Crippen molar-refractivity contribution in [1.82, 2.24) is 15.0 Å². The smallest absolute Gasteiger partial charge is 0.163 e. The van der Waals surface area contributed by atoms with E-state index >= 15 is 0 Å². The average Bonchev–Trinajstić information content (AvgIpc) is 2.76. The number of rotatable bonds is 1. The van der Waals surface area contributed by atoms with E-state index in [0.717, 1.165) is 40.3 Å². The topological polar surface area (TPSA) is 86.0 Å². The predicted octanol–water partition coefficient (Wildman–Crippen LogP) is 2.37. The number of pyridine rings is 1. The van der Waals surface area contributed by atoms with Crippen molar-refractivity contribution in [2.24, 2.45) is 0 Å². The molecule has 0 bridgehead atoms. The number of H-pyrrole nitrogens is 1. The maximum Gasteiger partial charge on any atom is 0.163 e. The van der Waals surface area contributed by atoms with Gasteiger partial charge in [0.2, 0.25) is 0 Å². The minimum atomic E-state index is 0.468. The molecule has 3 aromatic rings. The Kier molecular flexibility index (Phi) is 2.67. The molecule has 0 saturated carbocycles. The van der Waals surface area contributed by atoms with Crippen molar-refractivity contribution < 1.29 is 9.47 Å². The molecule has 0 atom stereocenters. The molecule has 21 heavy (non-hydrogen) atoms. The predicted molar refractivity (Wildman–Crippen MR) is 79.3 cm³/mol. The molecule has 4 rings (SSSR count). The molecular formula is C15H14N4O2. The number of nitrogens with one attached hydrogen (secondary N) is 1. The fraction of sp³-hybridized carbons (Fsp3) is 0.200. The summed E-state index contributed by atoms with van der Waals surface area (Å²) in [5, 5.41) is 0. The molecule has 0 radical (unpaired) electrons. The Morgan fingerprint density at radius 2 is 1.90 bits per heavy atom. The Hall–Kier alpha value is -2.76. The van der Waals surface area contributed by atoms with Gasteiger partial charge in [-0.05, 0) is 12.1 Å². The second-order valence-corrected chi connectivity index (χ2v) is 4.92. The fourth-order valence-corrected chi connectivity index (χ4v) is 2.40. The van der Waals surface area contributed by atoms with E-state index in [1.807, 2.05) is 18.2 Å². The fourth-order valence-electron chi connectivity index (χ4n) is 2.40. The van der Waals surface area contributed by atoms with Gasteiger partial charge in [-0.1, -0.05) is 0 Å². The van der Waals surface area contributed by atoms with Gasteiger partial charge in [-0.3, -0.25) is 0 Å². The zero-order valence-electron chi connectivity index (χ0n) is 11.3. The van der Waals surface area contributed by atoms with Crippen LogP contribution in [-0.2, 0) is 0 Å². The third-order valence-electron chi connectivity index (χ3n) is 3.41. The van der Waals surface area contributed by atoms with Gasteiger partial charge in [0.05, 0.1) is 24.2 Å². The van der Waals surface area contributed by atoms with Gasteiger partial charge >= 0.3 is 0 Å². The standard InChI is InChI=1S/C15H14N4O2/c16-14-6-9(2-3-17-14)15-18-10-7-12-13(8-11(10)19-15)21-5-1-4-20-12/h2-3,6-8H,1,4-5H2,(H2,16,17)(H,18,19). The summed E-state index contributed by atoms with van der Waals surface area (Å²) in [5.74, 6) is 2.71. The molecule has 1 aliphatic rings. The molecule has 0 fully saturated rings. The highest BCUT2D eigenvalue weighted by molar-refractivity contribution is 5.83. The first-order valence-electron chi connectivity index (χ1n) is 6.81. The van der Waals surface area contributed by atoms with Crippen molar-refractivity contribution in [2.75, 3.05) is 18.9 Å². The Bertz CT molecular complexity index is 770. The molecule has 6 nitrogen and oxygen atoms in total. The van der Waals surface area contributed by atoms with E-state index in [4.69, 9.17) is 15.2 Å². The molecule has 3 N–H and O–H groups in total. The summed E-state index contributed by atoms with van der Waals surface area (Å²) in [4.78, 5) is 11.9. The molecule has 106 valence electrons. The van der Waals surface area contributed by atoms with E-state index < -0.39 is 0 Å².